The number of hydrogen-bond donors (Lipinski definition) is 0. The van der Waals surface area contributed by atoms with Crippen LogP contribution in [0.5, 0.6) is 0 Å². The Morgan fingerprint density at radius 2 is 0.911 bits per heavy atom. The molecule has 9 aromatic rings. The molecule has 0 atom stereocenters. The van der Waals surface area contributed by atoms with Gasteiger partial charge in [0.15, 0.2) is 17.5 Å². The van der Waals surface area contributed by atoms with Crippen molar-refractivity contribution in [2.75, 3.05) is 0 Å². The van der Waals surface area contributed by atoms with E-state index < -0.39 is 0 Å². The Hall–Kier alpha value is -6.13. The van der Waals surface area contributed by atoms with Gasteiger partial charge in [0.1, 0.15) is 11.2 Å². The minimum Gasteiger partial charge on any atom is -0.455 e. The molecule has 2 aromatic heterocycles. The summed E-state index contributed by atoms with van der Waals surface area (Å²) in [6.45, 7) is 0. The van der Waals surface area contributed by atoms with E-state index in [1.54, 1.807) is 0 Å². The van der Waals surface area contributed by atoms with Gasteiger partial charge in [0.05, 0.1) is 5.56 Å². The number of benzene rings is 7. The standard InChI is InChI=1S/C41H25N3O/c1-3-12-27(13-4-1)39-42-40(28-14-5-2-6-15-28)44-41(43-39)34-22-21-33(32-20-19-26-11-7-8-16-29(26)23-32)37-35-24-30-17-9-10-18-31(30)25-36(35)45-38(34)37/h1-25H. The van der Waals surface area contributed by atoms with E-state index in [1.807, 2.05) is 60.7 Å². The van der Waals surface area contributed by atoms with Crippen molar-refractivity contribution in [1.82, 2.24) is 15.0 Å². The summed E-state index contributed by atoms with van der Waals surface area (Å²) in [4.78, 5) is 15.0. The first-order valence-electron chi connectivity index (χ1n) is 15.0. The largest absolute Gasteiger partial charge is 0.455 e. The van der Waals surface area contributed by atoms with E-state index in [9.17, 15) is 0 Å². The second-order valence-electron chi connectivity index (χ2n) is 11.3. The molecule has 0 spiro atoms. The molecular weight excluding hydrogens is 550 g/mol. The van der Waals surface area contributed by atoms with Crippen LogP contribution in [0.4, 0.5) is 0 Å². The van der Waals surface area contributed by atoms with Gasteiger partial charge in [-0.25, -0.2) is 15.0 Å². The lowest BCUT2D eigenvalue weighted by molar-refractivity contribution is 0.670. The number of rotatable bonds is 4. The zero-order chi connectivity index (χ0) is 29.7. The summed E-state index contributed by atoms with van der Waals surface area (Å²) in [6, 6.07) is 52.3. The van der Waals surface area contributed by atoms with Crippen LogP contribution in [0.1, 0.15) is 0 Å². The van der Waals surface area contributed by atoms with E-state index >= 15 is 0 Å². The molecule has 0 saturated heterocycles. The maximum atomic E-state index is 6.79. The third-order valence-corrected chi connectivity index (χ3v) is 8.49. The molecule has 0 bridgehead atoms. The van der Waals surface area contributed by atoms with Gasteiger partial charge in [-0.15, -0.1) is 0 Å². The molecule has 0 aliphatic heterocycles. The molecule has 0 saturated carbocycles. The molecule has 0 fully saturated rings. The summed E-state index contributed by atoms with van der Waals surface area (Å²) in [5, 5.41) is 6.82. The predicted molar refractivity (Wildman–Crippen MR) is 184 cm³/mol. The molecular formula is C41H25N3O. The summed E-state index contributed by atoms with van der Waals surface area (Å²) in [7, 11) is 0. The van der Waals surface area contributed by atoms with Gasteiger partial charge in [-0.05, 0) is 56.9 Å². The molecule has 0 N–H and O–H groups in total. The second kappa shape index (κ2) is 10.2. The highest BCUT2D eigenvalue weighted by Crippen LogP contribution is 2.43. The molecule has 0 unspecified atom stereocenters. The maximum absolute atomic E-state index is 6.79. The highest BCUT2D eigenvalue weighted by Gasteiger charge is 2.21. The van der Waals surface area contributed by atoms with Crippen LogP contribution in [0.2, 0.25) is 0 Å². The zero-order valence-electron chi connectivity index (χ0n) is 24.2. The molecule has 0 aliphatic carbocycles. The third-order valence-electron chi connectivity index (χ3n) is 8.49. The van der Waals surface area contributed by atoms with Crippen LogP contribution in [-0.4, -0.2) is 15.0 Å². The molecule has 45 heavy (non-hydrogen) atoms. The number of nitrogens with zero attached hydrogens (tertiary/aromatic N) is 3. The maximum Gasteiger partial charge on any atom is 0.167 e. The monoisotopic (exact) mass is 575 g/mol. The topological polar surface area (TPSA) is 51.8 Å². The number of furan rings is 1. The van der Waals surface area contributed by atoms with E-state index in [2.05, 4.69) is 91.0 Å². The van der Waals surface area contributed by atoms with Crippen molar-refractivity contribution in [1.29, 1.82) is 0 Å². The van der Waals surface area contributed by atoms with Crippen LogP contribution in [0.3, 0.4) is 0 Å². The molecule has 4 nitrogen and oxygen atoms in total. The molecule has 210 valence electrons. The smallest absolute Gasteiger partial charge is 0.167 e. The average Bonchev–Trinajstić information content (AvgIpc) is 3.49. The van der Waals surface area contributed by atoms with Crippen LogP contribution >= 0.6 is 0 Å². The summed E-state index contributed by atoms with van der Waals surface area (Å²) in [6.07, 6.45) is 0. The van der Waals surface area contributed by atoms with Crippen LogP contribution in [0.15, 0.2) is 156 Å². The molecule has 0 amide bonds. The molecule has 2 heterocycles. The minimum atomic E-state index is 0.571. The van der Waals surface area contributed by atoms with Crippen molar-refractivity contribution in [3.8, 4) is 45.3 Å². The average molecular weight is 576 g/mol. The lowest BCUT2D eigenvalue weighted by Crippen LogP contribution is -2.00. The first-order valence-corrected chi connectivity index (χ1v) is 15.0. The minimum absolute atomic E-state index is 0.571. The highest BCUT2D eigenvalue weighted by atomic mass is 16.3. The Bertz CT molecular complexity index is 2480. The van der Waals surface area contributed by atoms with E-state index in [0.29, 0.717) is 17.5 Å². The number of fused-ring (bicyclic) bond motifs is 5. The Balaban J connectivity index is 1.35. The fourth-order valence-electron chi connectivity index (χ4n) is 6.27. The van der Waals surface area contributed by atoms with Gasteiger partial charge in [-0.2, -0.15) is 0 Å². The Labute approximate surface area is 259 Å². The third kappa shape index (κ3) is 4.35. The lowest BCUT2D eigenvalue weighted by Gasteiger charge is -2.11. The van der Waals surface area contributed by atoms with Gasteiger partial charge in [0.25, 0.3) is 0 Å². The normalized spacial score (nSPS) is 11.6. The molecule has 4 heteroatoms. The van der Waals surface area contributed by atoms with Crippen LogP contribution in [0.25, 0.3) is 88.8 Å². The van der Waals surface area contributed by atoms with Crippen LogP contribution in [0, 0.1) is 0 Å². The molecule has 9 rings (SSSR count). The van der Waals surface area contributed by atoms with E-state index in [0.717, 1.165) is 55.1 Å². The van der Waals surface area contributed by atoms with E-state index in [-0.39, 0.29) is 0 Å². The first-order chi connectivity index (χ1) is 22.3. The second-order valence-corrected chi connectivity index (χ2v) is 11.3. The van der Waals surface area contributed by atoms with Crippen LogP contribution in [-0.2, 0) is 0 Å². The quantitative estimate of drug-likeness (QED) is 0.209. The van der Waals surface area contributed by atoms with Crippen molar-refractivity contribution in [2.24, 2.45) is 0 Å². The zero-order valence-corrected chi connectivity index (χ0v) is 24.2. The van der Waals surface area contributed by atoms with Gasteiger partial charge in [0.2, 0.25) is 0 Å². The fourth-order valence-corrected chi connectivity index (χ4v) is 6.27. The molecule has 0 radical (unpaired) electrons. The first kappa shape index (κ1) is 25.4. The summed E-state index contributed by atoms with van der Waals surface area (Å²) in [5.41, 5.74) is 6.51. The Morgan fingerprint density at radius 3 is 1.58 bits per heavy atom. The summed E-state index contributed by atoms with van der Waals surface area (Å²) in [5.74, 6) is 1.81. The molecule has 7 aromatic carbocycles. The lowest BCUT2D eigenvalue weighted by atomic mass is 9.94. The van der Waals surface area contributed by atoms with Crippen LogP contribution < -0.4 is 0 Å². The summed E-state index contributed by atoms with van der Waals surface area (Å²) >= 11 is 0. The highest BCUT2D eigenvalue weighted by molar-refractivity contribution is 6.18. The van der Waals surface area contributed by atoms with Gasteiger partial charge >= 0.3 is 0 Å². The van der Waals surface area contributed by atoms with Gasteiger partial charge in [-0.3, -0.25) is 0 Å². The van der Waals surface area contributed by atoms with Crippen molar-refractivity contribution in [2.45, 2.75) is 0 Å². The van der Waals surface area contributed by atoms with Gasteiger partial charge in [0, 0.05) is 21.9 Å². The van der Waals surface area contributed by atoms with Crippen molar-refractivity contribution in [3.63, 3.8) is 0 Å². The van der Waals surface area contributed by atoms with Crippen molar-refractivity contribution < 1.29 is 4.42 Å². The number of hydrogen-bond acceptors (Lipinski definition) is 4. The summed E-state index contributed by atoms with van der Waals surface area (Å²) < 4.78 is 6.79. The van der Waals surface area contributed by atoms with Crippen molar-refractivity contribution >= 4 is 43.5 Å². The van der Waals surface area contributed by atoms with Gasteiger partial charge < -0.3 is 4.42 Å². The SMILES string of the molecule is c1ccc(-c2nc(-c3ccccc3)nc(-c3ccc(-c4ccc5ccccc5c4)c4c3oc3cc5ccccc5cc34)n2)cc1. The Kier molecular flexibility index (Phi) is 5.78. The van der Waals surface area contributed by atoms with Gasteiger partial charge in [-0.1, -0.05) is 127 Å². The van der Waals surface area contributed by atoms with E-state index in [1.165, 1.54) is 16.2 Å². The Morgan fingerprint density at radius 1 is 0.378 bits per heavy atom. The fraction of sp³-hybridized carbons (Fsp3) is 0. The van der Waals surface area contributed by atoms with Crippen molar-refractivity contribution in [3.05, 3.63) is 152 Å². The molecule has 0 aliphatic rings. The number of aromatic nitrogens is 3. The predicted octanol–water partition coefficient (Wildman–Crippen LogP) is 10.7. The van der Waals surface area contributed by atoms with E-state index in [4.69, 9.17) is 19.4 Å².